The molecular weight excluding hydrogens is 204 g/mol. The van der Waals surface area contributed by atoms with Gasteiger partial charge in [0.1, 0.15) is 6.10 Å². The molecule has 0 radical (unpaired) electrons. The zero-order chi connectivity index (χ0) is 12.1. The Morgan fingerprint density at radius 2 is 2.00 bits per heavy atom. The highest BCUT2D eigenvalue weighted by molar-refractivity contribution is 4.81. The Bertz CT molecular complexity index is 194. The second-order valence-electron chi connectivity index (χ2n) is 5.53. The molecule has 4 atom stereocenters. The molecular formula is C13H26O3. The molecule has 0 saturated heterocycles. The summed E-state index contributed by atoms with van der Waals surface area (Å²) in [4.78, 5) is 0. The van der Waals surface area contributed by atoms with Crippen molar-refractivity contribution in [3.8, 4) is 0 Å². The molecule has 96 valence electrons. The van der Waals surface area contributed by atoms with Crippen LogP contribution in [0.4, 0.5) is 0 Å². The lowest BCUT2D eigenvalue weighted by Crippen LogP contribution is -2.36. The number of aliphatic hydroxyl groups is 2. The van der Waals surface area contributed by atoms with E-state index in [0.29, 0.717) is 17.8 Å². The summed E-state index contributed by atoms with van der Waals surface area (Å²) >= 11 is 0. The third kappa shape index (κ3) is 4.04. The van der Waals surface area contributed by atoms with Gasteiger partial charge in [-0.15, -0.1) is 0 Å². The van der Waals surface area contributed by atoms with Gasteiger partial charge in [-0.2, -0.15) is 0 Å². The zero-order valence-corrected chi connectivity index (χ0v) is 10.7. The van der Waals surface area contributed by atoms with Crippen LogP contribution in [0.25, 0.3) is 0 Å². The highest BCUT2D eigenvalue weighted by atomic mass is 16.5. The molecule has 0 aromatic heterocycles. The topological polar surface area (TPSA) is 49.7 Å². The van der Waals surface area contributed by atoms with E-state index in [2.05, 4.69) is 20.8 Å². The van der Waals surface area contributed by atoms with Crippen molar-refractivity contribution in [3.63, 3.8) is 0 Å². The van der Waals surface area contributed by atoms with Gasteiger partial charge >= 0.3 is 0 Å². The fourth-order valence-corrected chi connectivity index (χ4v) is 2.59. The average molecular weight is 230 g/mol. The minimum Gasteiger partial charge on any atom is -0.394 e. The summed E-state index contributed by atoms with van der Waals surface area (Å²) in [7, 11) is 0. The first-order valence-electron chi connectivity index (χ1n) is 6.45. The number of hydrogen-bond donors (Lipinski definition) is 2. The lowest BCUT2D eigenvalue weighted by molar-refractivity contribution is -0.0776. The molecule has 0 bridgehead atoms. The Hall–Kier alpha value is -0.120. The standard InChI is InChI=1S/C13H26O3/c1-9(2)12-5-4-10(3)6-13(12)16-8-11(15)7-14/h9-15H,4-8H2,1-3H3/t10?,11-,12?,13?/m1/s1. The van der Waals surface area contributed by atoms with Crippen LogP contribution in [-0.2, 0) is 4.74 Å². The minimum absolute atomic E-state index is 0.214. The predicted octanol–water partition coefficient (Wildman–Crippen LogP) is 1.82. The molecule has 1 aliphatic rings. The van der Waals surface area contributed by atoms with Gasteiger partial charge in [0.2, 0.25) is 0 Å². The normalized spacial score (nSPS) is 33.0. The molecule has 0 spiro atoms. The van der Waals surface area contributed by atoms with Crippen LogP contribution >= 0.6 is 0 Å². The molecule has 1 fully saturated rings. The zero-order valence-electron chi connectivity index (χ0n) is 10.7. The van der Waals surface area contributed by atoms with Gasteiger partial charge in [0.15, 0.2) is 0 Å². The number of rotatable bonds is 5. The fourth-order valence-electron chi connectivity index (χ4n) is 2.59. The quantitative estimate of drug-likeness (QED) is 0.757. The Morgan fingerprint density at radius 3 is 2.56 bits per heavy atom. The summed E-state index contributed by atoms with van der Waals surface area (Å²) in [5.41, 5.74) is 0. The van der Waals surface area contributed by atoms with Gasteiger partial charge in [0, 0.05) is 0 Å². The van der Waals surface area contributed by atoms with Gasteiger partial charge in [-0.05, 0) is 30.6 Å². The summed E-state index contributed by atoms with van der Waals surface area (Å²) in [6.07, 6.45) is 3.11. The van der Waals surface area contributed by atoms with Gasteiger partial charge in [0.05, 0.1) is 19.3 Å². The van der Waals surface area contributed by atoms with Gasteiger partial charge in [-0.25, -0.2) is 0 Å². The second kappa shape index (κ2) is 6.58. The van der Waals surface area contributed by atoms with E-state index in [4.69, 9.17) is 9.84 Å². The molecule has 0 amide bonds. The Morgan fingerprint density at radius 1 is 1.31 bits per heavy atom. The summed E-state index contributed by atoms with van der Waals surface area (Å²) < 4.78 is 5.77. The van der Waals surface area contributed by atoms with E-state index in [1.807, 2.05) is 0 Å². The first-order valence-corrected chi connectivity index (χ1v) is 6.45. The summed E-state index contributed by atoms with van der Waals surface area (Å²) in [6, 6.07) is 0. The van der Waals surface area contributed by atoms with Crippen LogP contribution in [0, 0.1) is 17.8 Å². The van der Waals surface area contributed by atoms with Gasteiger partial charge in [-0.1, -0.05) is 27.2 Å². The van der Waals surface area contributed by atoms with Crippen molar-refractivity contribution in [2.75, 3.05) is 13.2 Å². The summed E-state index contributed by atoms with van der Waals surface area (Å²) in [5.74, 6) is 1.94. The molecule has 0 heterocycles. The molecule has 3 unspecified atom stereocenters. The van der Waals surface area contributed by atoms with Crippen molar-refractivity contribution >= 4 is 0 Å². The van der Waals surface area contributed by atoms with E-state index in [-0.39, 0.29) is 19.3 Å². The summed E-state index contributed by atoms with van der Waals surface area (Å²) in [6.45, 7) is 6.78. The first-order chi connectivity index (χ1) is 7.54. The largest absolute Gasteiger partial charge is 0.394 e. The summed E-state index contributed by atoms with van der Waals surface area (Å²) in [5, 5.41) is 18.1. The third-order valence-electron chi connectivity index (χ3n) is 3.67. The minimum atomic E-state index is -0.731. The van der Waals surface area contributed by atoms with E-state index >= 15 is 0 Å². The van der Waals surface area contributed by atoms with Crippen molar-refractivity contribution in [2.45, 2.75) is 52.2 Å². The molecule has 16 heavy (non-hydrogen) atoms. The van der Waals surface area contributed by atoms with Crippen LogP contribution in [0.3, 0.4) is 0 Å². The Labute approximate surface area is 98.8 Å². The maximum Gasteiger partial charge on any atom is 0.100 e. The Balaban J connectivity index is 2.44. The predicted molar refractivity (Wildman–Crippen MR) is 64.2 cm³/mol. The van der Waals surface area contributed by atoms with E-state index < -0.39 is 6.10 Å². The maximum absolute atomic E-state index is 9.30. The molecule has 3 nitrogen and oxygen atoms in total. The van der Waals surface area contributed by atoms with E-state index in [0.717, 1.165) is 6.42 Å². The lowest BCUT2D eigenvalue weighted by Gasteiger charge is -2.37. The number of ether oxygens (including phenoxy) is 1. The molecule has 2 N–H and O–H groups in total. The molecule has 1 rings (SSSR count). The van der Waals surface area contributed by atoms with Crippen molar-refractivity contribution in [3.05, 3.63) is 0 Å². The second-order valence-corrected chi connectivity index (χ2v) is 5.53. The monoisotopic (exact) mass is 230 g/mol. The molecule has 0 aromatic rings. The van der Waals surface area contributed by atoms with E-state index in [1.165, 1.54) is 12.8 Å². The maximum atomic E-state index is 9.30. The van der Waals surface area contributed by atoms with Crippen molar-refractivity contribution < 1.29 is 14.9 Å². The number of aliphatic hydroxyl groups excluding tert-OH is 2. The molecule has 0 aromatic carbocycles. The molecule has 0 aliphatic heterocycles. The van der Waals surface area contributed by atoms with Crippen LogP contribution in [0.1, 0.15) is 40.0 Å². The van der Waals surface area contributed by atoms with Crippen LogP contribution in [0.5, 0.6) is 0 Å². The average Bonchev–Trinajstić information content (AvgIpc) is 2.25. The fraction of sp³-hybridized carbons (Fsp3) is 1.00. The number of hydrogen-bond acceptors (Lipinski definition) is 3. The SMILES string of the molecule is CC1CCC(C(C)C)C(OC[C@H](O)CO)C1. The van der Waals surface area contributed by atoms with Crippen LogP contribution < -0.4 is 0 Å². The van der Waals surface area contributed by atoms with Crippen LogP contribution in [-0.4, -0.2) is 35.6 Å². The highest BCUT2D eigenvalue weighted by Gasteiger charge is 2.31. The van der Waals surface area contributed by atoms with Crippen molar-refractivity contribution in [1.82, 2.24) is 0 Å². The van der Waals surface area contributed by atoms with Crippen molar-refractivity contribution in [1.29, 1.82) is 0 Å². The third-order valence-corrected chi connectivity index (χ3v) is 3.67. The van der Waals surface area contributed by atoms with Gasteiger partial charge < -0.3 is 14.9 Å². The van der Waals surface area contributed by atoms with Gasteiger partial charge in [-0.3, -0.25) is 0 Å². The van der Waals surface area contributed by atoms with Crippen LogP contribution in [0.15, 0.2) is 0 Å². The van der Waals surface area contributed by atoms with E-state index in [9.17, 15) is 5.11 Å². The van der Waals surface area contributed by atoms with Crippen molar-refractivity contribution in [2.24, 2.45) is 17.8 Å². The van der Waals surface area contributed by atoms with Crippen LogP contribution in [0.2, 0.25) is 0 Å². The molecule has 1 saturated carbocycles. The highest BCUT2D eigenvalue weighted by Crippen LogP contribution is 2.35. The molecule has 1 aliphatic carbocycles. The smallest absolute Gasteiger partial charge is 0.100 e. The van der Waals surface area contributed by atoms with Gasteiger partial charge in [0.25, 0.3) is 0 Å². The van der Waals surface area contributed by atoms with E-state index in [1.54, 1.807) is 0 Å². The Kier molecular flexibility index (Phi) is 5.73. The first kappa shape index (κ1) is 13.9. The molecule has 3 heteroatoms. The lowest BCUT2D eigenvalue weighted by atomic mass is 9.75.